The van der Waals surface area contributed by atoms with Gasteiger partial charge in [0.2, 0.25) is 21.7 Å². The molecular weight excluding hydrogens is 460 g/mol. The molecule has 0 atom stereocenters. The van der Waals surface area contributed by atoms with Crippen LogP contribution in [0, 0.1) is 6.92 Å². The van der Waals surface area contributed by atoms with Crippen LogP contribution in [0.25, 0.3) is 17.3 Å². The van der Waals surface area contributed by atoms with Crippen molar-refractivity contribution in [2.24, 2.45) is 0 Å². The molecule has 4 rings (SSSR count). The lowest BCUT2D eigenvalue weighted by Crippen LogP contribution is -2.33. The first-order valence-electron chi connectivity index (χ1n) is 10.2. The second-order valence-electron chi connectivity index (χ2n) is 7.28. The van der Waals surface area contributed by atoms with Crippen LogP contribution in [0.3, 0.4) is 0 Å². The lowest BCUT2D eigenvalue weighted by atomic mass is 10.2. The van der Waals surface area contributed by atoms with Crippen molar-refractivity contribution >= 4 is 15.9 Å². The van der Waals surface area contributed by atoms with E-state index < -0.39 is 15.9 Å². The van der Waals surface area contributed by atoms with Crippen LogP contribution in [0.4, 0.5) is 0 Å². The summed E-state index contributed by atoms with van der Waals surface area (Å²) >= 11 is 0. The lowest BCUT2D eigenvalue weighted by molar-refractivity contribution is 0.0969. The minimum absolute atomic E-state index is 0.168. The molecule has 0 aliphatic rings. The fourth-order valence-corrected chi connectivity index (χ4v) is 4.50. The molecule has 0 fully saturated rings. The number of benzene rings is 2. The SMILES string of the molecule is COc1cccc(OC)c1-n1c(C(=O)NS(=O)(=O)Cc2ccccc2)nnc1-c1ccc(C)o1. The summed E-state index contributed by atoms with van der Waals surface area (Å²) in [4.78, 5) is 13.2. The predicted molar refractivity (Wildman–Crippen MR) is 123 cm³/mol. The van der Waals surface area contributed by atoms with Crippen LogP contribution in [0.1, 0.15) is 21.9 Å². The molecule has 2 heterocycles. The van der Waals surface area contributed by atoms with Gasteiger partial charge in [-0.3, -0.25) is 9.36 Å². The molecule has 1 N–H and O–H groups in total. The zero-order chi connectivity index (χ0) is 24.3. The van der Waals surface area contributed by atoms with Crippen LogP contribution < -0.4 is 14.2 Å². The first-order chi connectivity index (χ1) is 16.3. The van der Waals surface area contributed by atoms with E-state index in [0.717, 1.165) is 0 Å². The first-order valence-corrected chi connectivity index (χ1v) is 11.8. The number of aromatic nitrogens is 3. The number of carbonyl (C=O) groups is 1. The molecule has 0 bridgehead atoms. The Kier molecular flexibility index (Phi) is 6.37. The van der Waals surface area contributed by atoms with Gasteiger partial charge in [0.15, 0.2) is 5.76 Å². The number of methoxy groups -OCH3 is 2. The number of amides is 1. The third kappa shape index (κ3) is 4.64. The quantitative estimate of drug-likeness (QED) is 0.406. The number of nitrogens with zero attached hydrogens (tertiary/aromatic N) is 3. The molecule has 0 unspecified atom stereocenters. The molecule has 176 valence electrons. The molecule has 0 spiro atoms. The van der Waals surface area contributed by atoms with Crippen molar-refractivity contribution in [1.82, 2.24) is 19.5 Å². The van der Waals surface area contributed by atoms with Crippen molar-refractivity contribution in [2.45, 2.75) is 12.7 Å². The highest BCUT2D eigenvalue weighted by molar-refractivity contribution is 7.89. The molecule has 10 nitrogen and oxygen atoms in total. The second kappa shape index (κ2) is 9.40. The van der Waals surface area contributed by atoms with Crippen molar-refractivity contribution in [3.8, 4) is 28.8 Å². The summed E-state index contributed by atoms with van der Waals surface area (Å²) in [5, 5.41) is 8.10. The Labute approximate surface area is 196 Å². The van der Waals surface area contributed by atoms with Crippen LogP contribution in [0.2, 0.25) is 0 Å². The van der Waals surface area contributed by atoms with E-state index in [0.29, 0.717) is 34.3 Å². The first kappa shape index (κ1) is 23.1. The van der Waals surface area contributed by atoms with Crippen LogP contribution in [-0.4, -0.2) is 43.3 Å². The van der Waals surface area contributed by atoms with E-state index in [-0.39, 0.29) is 17.4 Å². The van der Waals surface area contributed by atoms with Gasteiger partial charge in [-0.15, -0.1) is 10.2 Å². The average Bonchev–Trinajstić information content (AvgIpc) is 3.44. The topological polar surface area (TPSA) is 126 Å². The van der Waals surface area contributed by atoms with Crippen molar-refractivity contribution in [1.29, 1.82) is 0 Å². The van der Waals surface area contributed by atoms with Crippen LogP contribution >= 0.6 is 0 Å². The number of nitrogens with one attached hydrogen (secondary N) is 1. The Balaban J connectivity index is 1.82. The highest BCUT2D eigenvalue weighted by Gasteiger charge is 2.29. The van der Waals surface area contributed by atoms with Crippen molar-refractivity contribution in [3.05, 3.63) is 77.8 Å². The zero-order valence-corrected chi connectivity index (χ0v) is 19.5. The van der Waals surface area contributed by atoms with Gasteiger partial charge in [0.05, 0.1) is 20.0 Å². The molecule has 0 saturated carbocycles. The number of furan rings is 1. The summed E-state index contributed by atoms with van der Waals surface area (Å²) in [7, 11) is -1.11. The predicted octanol–water partition coefficient (Wildman–Crippen LogP) is 3.11. The van der Waals surface area contributed by atoms with Gasteiger partial charge in [-0.25, -0.2) is 13.1 Å². The zero-order valence-electron chi connectivity index (χ0n) is 18.7. The number of hydrogen-bond acceptors (Lipinski definition) is 8. The number of carbonyl (C=O) groups excluding carboxylic acids is 1. The monoisotopic (exact) mass is 482 g/mol. The summed E-state index contributed by atoms with van der Waals surface area (Å²) in [6, 6.07) is 17.0. The molecule has 11 heteroatoms. The van der Waals surface area contributed by atoms with Gasteiger partial charge in [0.1, 0.15) is 22.9 Å². The number of aryl methyl sites for hydroxylation is 1. The van der Waals surface area contributed by atoms with E-state index in [9.17, 15) is 13.2 Å². The van der Waals surface area contributed by atoms with Gasteiger partial charge >= 0.3 is 5.91 Å². The highest BCUT2D eigenvalue weighted by atomic mass is 32.2. The highest BCUT2D eigenvalue weighted by Crippen LogP contribution is 2.36. The van der Waals surface area contributed by atoms with Gasteiger partial charge < -0.3 is 13.9 Å². The Hall–Kier alpha value is -4.12. The van der Waals surface area contributed by atoms with Gasteiger partial charge in [0.25, 0.3) is 0 Å². The molecular formula is C23H22N4O6S. The molecule has 0 aliphatic heterocycles. The van der Waals surface area contributed by atoms with E-state index in [2.05, 4.69) is 14.9 Å². The molecule has 2 aromatic heterocycles. The smallest absolute Gasteiger partial charge is 0.303 e. The Morgan fingerprint density at radius 1 is 0.971 bits per heavy atom. The van der Waals surface area contributed by atoms with Gasteiger partial charge in [-0.1, -0.05) is 36.4 Å². The third-order valence-corrected chi connectivity index (χ3v) is 6.11. The summed E-state index contributed by atoms with van der Waals surface area (Å²) in [6.45, 7) is 1.76. The minimum Gasteiger partial charge on any atom is -0.494 e. The van der Waals surface area contributed by atoms with Crippen LogP contribution in [-0.2, 0) is 15.8 Å². The number of rotatable bonds is 8. The van der Waals surface area contributed by atoms with Gasteiger partial charge in [0, 0.05) is 0 Å². The number of para-hydroxylation sites is 1. The summed E-state index contributed by atoms with van der Waals surface area (Å²) in [6.07, 6.45) is 0. The van der Waals surface area contributed by atoms with Gasteiger partial charge in [-0.2, -0.15) is 0 Å². The second-order valence-corrected chi connectivity index (χ2v) is 9.00. The number of hydrogen-bond donors (Lipinski definition) is 1. The molecule has 4 aromatic rings. The maximum absolute atomic E-state index is 13.2. The fourth-order valence-electron chi connectivity index (χ4n) is 3.43. The van der Waals surface area contributed by atoms with E-state index in [1.54, 1.807) is 67.6 Å². The Morgan fingerprint density at radius 3 is 2.24 bits per heavy atom. The van der Waals surface area contributed by atoms with Crippen molar-refractivity contribution < 1.29 is 27.1 Å². The van der Waals surface area contributed by atoms with Crippen LogP contribution in [0.15, 0.2) is 65.1 Å². The summed E-state index contributed by atoms with van der Waals surface area (Å²) in [5.41, 5.74) is 0.842. The number of ether oxygens (including phenoxy) is 2. The summed E-state index contributed by atoms with van der Waals surface area (Å²) < 4.78 is 45.5. The maximum Gasteiger partial charge on any atom is 0.303 e. The van der Waals surface area contributed by atoms with Crippen molar-refractivity contribution in [2.75, 3.05) is 14.2 Å². The van der Waals surface area contributed by atoms with E-state index in [1.165, 1.54) is 18.8 Å². The Bertz CT molecular complexity index is 1400. The maximum atomic E-state index is 13.2. The normalized spacial score (nSPS) is 11.3. The van der Waals surface area contributed by atoms with E-state index in [4.69, 9.17) is 13.9 Å². The molecule has 0 radical (unpaired) electrons. The van der Waals surface area contributed by atoms with Crippen LogP contribution in [0.5, 0.6) is 11.5 Å². The Morgan fingerprint density at radius 2 is 1.65 bits per heavy atom. The van der Waals surface area contributed by atoms with Crippen molar-refractivity contribution in [3.63, 3.8) is 0 Å². The number of sulfonamides is 1. The lowest BCUT2D eigenvalue weighted by Gasteiger charge is -2.16. The molecule has 0 aliphatic carbocycles. The molecule has 2 aromatic carbocycles. The standard InChI is InChI=1S/C23H22N4O6S/c1-15-12-13-19(33-15)21-24-25-22(27(21)20-17(31-2)10-7-11-18(20)32-3)23(28)26-34(29,30)14-16-8-5-4-6-9-16/h4-13H,14H2,1-3H3,(H,26,28). The fraction of sp³-hybridized carbons (Fsp3) is 0.174. The van der Waals surface area contributed by atoms with E-state index in [1.807, 2.05) is 0 Å². The minimum atomic E-state index is -4.03. The average molecular weight is 483 g/mol. The van der Waals surface area contributed by atoms with Gasteiger partial charge in [-0.05, 0) is 36.8 Å². The third-order valence-electron chi connectivity index (χ3n) is 4.90. The summed E-state index contributed by atoms with van der Waals surface area (Å²) in [5.74, 6) is 0.179. The van der Waals surface area contributed by atoms with E-state index >= 15 is 0 Å². The molecule has 0 saturated heterocycles. The molecule has 34 heavy (non-hydrogen) atoms. The largest absolute Gasteiger partial charge is 0.494 e. The molecule has 1 amide bonds.